The maximum Gasteiger partial charge on any atom is 0.407 e. The van der Waals surface area contributed by atoms with Gasteiger partial charge in [-0.2, -0.15) is 0 Å². The maximum atomic E-state index is 13.4. The summed E-state index contributed by atoms with van der Waals surface area (Å²) in [6, 6.07) is 16.4. The van der Waals surface area contributed by atoms with Crippen LogP contribution in [0.4, 0.5) is 4.79 Å². The molecule has 1 saturated carbocycles. The fourth-order valence-corrected chi connectivity index (χ4v) is 5.96. The molecule has 0 radical (unpaired) electrons. The lowest BCUT2D eigenvalue weighted by Gasteiger charge is -2.45. The van der Waals surface area contributed by atoms with Gasteiger partial charge >= 0.3 is 12.1 Å². The summed E-state index contributed by atoms with van der Waals surface area (Å²) in [5.74, 6) is -0.790. The Kier molecular flexibility index (Phi) is 6.50. The zero-order valence-corrected chi connectivity index (χ0v) is 19.9. The molecule has 5 rings (SSSR count). The van der Waals surface area contributed by atoms with Gasteiger partial charge in [0.1, 0.15) is 6.61 Å². The van der Waals surface area contributed by atoms with Gasteiger partial charge in [-0.3, -0.25) is 9.59 Å². The van der Waals surface area contributed by atoms with Gasteiger partial charge in [0.2, 0.25) is 5.91 Å². The summed E-state index contributed by atoms with van der Waals surface area (Å²) in [7, 11) is 0. The molecule has 35 heavy (non-hydrogen) atoms. The molecule has 1 unspecified atom stereocenters. The number of alkyl carbamates (subject to hydrolysis) is 1. The summed E-state index contributed by atoms with van der Waals surface area (Å²) >= 11 is 0. The smallest absolute Gasteiger partial charge is 0.407 e. The zero-order valence-electron chi connectivity index (χ0n) is 19.9. The van der Waals surface area contributed by atoms with E-state index >= 15 is 0 Å². The van der Waals surface area contributed by atoms with E-state index in [1.165, 1.54) is 11.1 Å². The minimum absolute atomic E-state index is 0.00239. The molecule has 184 valence electrons. The first kappa shape index (κ1) is 23.4. The van der Waals surface area contributed by atoms with Crippen LogP contribution in [0.2, 0.25) is 0 Å². The second kappa shape index (κ2) is 9.72. The summed E-state index contributed by atoms with van der Waals surface area (Å²) in [5, 5.41) is 12.0. The predicted molar refractivity (Wildman–Crippen MR) is 131 cm³/mol. The van der Waals surface area contributed by atoms with Crippen LogP contribution in [0.3, 0.4) is 0 Å². The summed E-state index contributed by atoms with van der Waals surface area (Å²) in [6.07, 6.45) is 3.65. The molecule has 1 saturated heterocycles. The average molecular weight is 477 g/mol. The molecule has 7 heteroatoms. The molecule has 0 bridgehead atoms. The number of likely N-dealkylation sites (tertiary alicyclic amines) is 1. The number of benzene rings is 2. The summed E-state index contributed by atoms with van der Waals surface area (Å²) in [5.41, 5.74) is 4.08. The minimum Gasteiger partial charge on any atom is -0.481 e. The van der Waals surface area contributed by atoms with Crippen LogP contribution in [-0.2, 0) is 14.3 Å². The number of fused-ring (bicyclic) bond motifs is 3. The summed E-state index contributed by atoms with van der Waals surface area (Å²) in [6.45, 7) is 1.63. The number of carboxylic acids is 1. The first-order valence-electron chi connectivity index (χ1n) is 12.6. The van der Waals surface area contributed by atoms with E-state index in [9.17, 15) is 14.4 Å². The normalized spacial score (nSPS) is 20.3. The molecule has 2 amide bonds. The molecule has 2 fully saturated rings. The molecular weight excluding hydrogens is 444 g/mol. The number of ether oxygens (including phenoxy) is 1. The van der Waals surface area contributed by atoms with E-state index < -0.39 is 17.5 Å². The number of nitrogens with zero attached hydrogens (tertiary/aromatic N) is 1. The second-order valence-electron chi connectivity index (χ2n) is 10.2. The molecule has 1 aliphatic heterocycles. The Hall–Kier alpha value is -3.35. The Bertz CT molecular complexity index is 1080. The van der Waals surface area contributed by atoms with E-state index in [0.717, 1.165) is 43.2 Å². The van der Waals surface area contributed by atoms with Crippen molar-refractivity contribution < 1.29 is 24.2 Å². The van der Waals surface area contributed by atoms with E-state index in [4.69, 9.17) is 9.84 Å². The van der Waals surface area contributed by atoms with Gasteiger partial charge in [0.15, 0.2) is 0 Å². The van der Waals surface area contributed by atoms with Crippen molar-refractivity contribution in [2.45, 2.75) is 44.4 Å². The van der Waals surface area contributed by atoms with Crippen molar-refractivity contribution >= 4 is 18.0 Å². The number of nitrogens with one attached hydrogen (secondary N) is 1. The summed E-state index contributed by atoms with van der Waals surface area (Å²) in [4.78, 5) is 39.0. The van der Waals surface area contributed by atoms with Gasteiger partial charge in [-0.1, -0.05) is 55.0 Å². The second-order valence-corrected chi connectivity index (χ2v) is 10.2. The number of hydrogen-bond donors (Lipinski definition) is 2. The van der Waals surface area contributed by atoms with Crippen molar-refractivity contribution in [3.63, 3.8) is 0 Å². The molecule has 2 aliphatic carbocycles. The Morgan fingerprint density at radius 2 is 1.66 bits per heavy atom. The standard InChI is InChI=1S/C28H32N2O5/c31-25(32)15-19-7-5-14-30(16-19)26(33)28(12-6-13-28)18-29-27(34)35-17-24-22-10-3-1-8-20(22)21-9-2-4-11-23(21)24/h1-4,8-11,19,24H,5-7,12-18H2,(H,29,34)(H,31,32). The first-order valence-corrected chi connectivity index (χ1v) is 12.6. The van der Waals surface area contributed by atoms with Gasteiger partial charge in [0.05, 0.1) is 5.41 Å². The van der Waals surface area contributed by atoms with Gasteiger partial charge < -0.3 is 20.1 Å². The molecule has 7 nitrogen and oxygen atoms in total. The average Bonchev–Trinajstić information content (AvgIpc) is 3.15. The lowest BCUT2D eigenvalue weighted by molar-refractivity contribution is -0.150. The Morgan fingerprint density at radius 1 is 1.00 bits per heavy atom. The first-order chi connectivity index (χ1) is 17.0. The SMILES string of the molecule is O=C(O)CC1CCCN(C(=O)C2(CNC(=O)OCC3c4ccccc4-c4ccccc43)CCC2)C1. The number of carbonyl (C=O) groups excluding carboxylic acids is 2. The van der Waals surface area contributed by atoms with Crippen molar-refractivity contribution in [3.05, 3.63) is 59.7 Å². The highest BCUT2D eigenvalue weighted by atomic mass is 16.5. The van der Waals surface area contributed by atoms with Gasteiger partial charge in [-0.05, 0) is 53.9 Å². The number of rotatable bonds is 7. The van der Waals surface area contributed by atoms with E-state index in [-0.39, 0.29) is 37.3 Å². The molecule has 1 heterocycles. The van der Waals surface area contributed by atoms with E-state index in [1.807, 2.05) is 29.2 Å². The minimum atomic E-state index is -0.820. The van der Waals surface area contributed by atoms with Crippen LogP contribution >= 0.6 is 0 Å². The Balaban J connectivity index is 1.18. The third-order valence-corrected chi connectivity index (χ3v) is 7.95. The fourth-order valence-electron chi connectivity index (χ4n) is 5.96. The zero-order chi connectivity index (χ0) is 24.4. The third kappa shape index (κ3) is 4.64. The van der Waals surface area contributed by atoms with Crippen LogP contribution in [0.5, 0.6) is 0 Å². The fraction of sp³-hybridized carbons (Fsp3) is 0.464. The van der Waals surface area contributed by atoms with Crippen molar-refractivity contribution in [2.75, 3.05) is 26.2 Å². The van der Waals surface area contributed by atoms with Crippen molar-refractivity contribution in [3.8, 4) is 11.1 Å². The Morgan fingerprint density at radius 3 is 2.26 bits per heavy atom. The number of carboxylic acid groups (broad SMARTS) is 1. The van der Waals surface area contributed by atoms with Crippen LogP contribution in [0.1, 0.15) is 55.6 Å². The number of amides is 2. The quantitative estimate of drug-likeness (QED) is 0.617. The molecule has 3 aliphatic rings. The van der Waals surface area contributed by atoms with E-state index in [0.29, 0.717) is 13.1 Å². The number of hydrogen-bond acceptors (Lipinski definition) is 4. The third-order valence-electron chi connectivity index (χ3n) is 7.95. The highest BCUT2D eigenvalue weighted by Gasteiger charge is 2.47. The Labute approximate surface area is 205 Å². The molecular formula is C28H32N2O5. The topological polar surface area (TPSA) is 95.9 Å². The van der Waals surface area contributed by atoms with E-state index in [1.54, 1.807) is 0 Å². The molecule has 1 atom stereocenters. The van der Waals surface area contributed by atoms with Gasteiger partial charge in [-0.25, -0.2) is 4.79 Å². The number of carbonyl (C=O) groups is 3. The van der Waals surface area contributed by atoms with Crippen LogP contribution in [0, 0.1) is 11.3 Å². The van der Waals surface area contributed by atoms with Crippen LogP contribution < -0.4 is 5.32 Å². The van der Waals surface area contributed by atoms with Crippen molar-refractivity contribution in [1.82, 2.24) is 10.2 Å². The lowest BCUT2D eigenvalue weighted by atomic mass is 9.67. The maximum absolute atomic E-state index is 13.4. The van der Waals surface area contributed by atoms with Crippen molar-refractivity contribution in [2.24, 2.45) is 11.3 Å². The molecule has 0 aromatic heterocycles. The van der Waals surface area contributed by atoms with Crippen LogP contribution in [-0.4, -0.2) is 54.2 Å². The number of aliphatic carboxylic acids is 1. The number of piperidine rings is 1. The van der Waals surface area contributed by atoms with Gasteiger partial charge in [0.25, 0.3) is 0 Å². The van der Waals surface area contributed by atoms with Crippen LogP contribution in [0.25, 0.3) is 11.1 Å². The highest BCUT2D eigenvalue weighted by molar-refractivity contribution is 5.85. The largest absolute Gasteiger partial charge is 0.481 e. The van der Waals surface area contributed by atoms with Crippen LogP contribution in [0.15, 0.2) is 48.5 Å². The molecule has 2 aromatic carbocycles. The van der Waals surface area contributed by atoms with E-state index in [2.05, 4.69) is 29.6 Å². The highest BCUT2D eigenvalue weighted by Crippen LogP contribution is 2.45. The molecule has 2 N–H and O–H groups in total. The predicted octanol–water partition coefficient (Wildman–Crippen LogP) is 4.41. The monoisotopic (exact) mass is 476 g/mol. The molecule has 2 aromatic rings. The van der Waals surface area contributed by atoms with Gasteiger partial charge in [0, 0.05) is 32.0 Å². The van der Waals surface area contributed by atoms with Gasteiger partial charge in [-0.15, -0.1) is 0 Å². The molecule has 0 spiro atoms. The van der Waals surface area contributed by atoms with Crippen molar-refractivity contribution in [1.29, 1.82) is 0 Å². The lowest BCUT2D eigenvalue weighted by Crippen LogP contribution is -2.55. The summed E-state index contributed by atoms with van der Waals surface area (Å²) < 4.78 is 5.65.